The summed E-state index contributed by atoms with van der Waals surface area (Å²) in [6.45, 7) is 0.572. The summed E-state index contributed by atoms with van der Waals surface area (Å²) in [6.07, 6.45) is 8.23. The molecule has 2 saturated heterocycles. The smallest absolute Gasteiger partial charge is 0.287 e. The Balaban J connectivity index is 1.50. The molecule has 3 fully saturated rings. The summed E-state index contributed by atoms with van der Waals surface area (Å²) in [7, 11) is 0. The van der Waals surface area contributed by atoms with Gasteiger partial charge in [-0.2, -0.15) is 0 Å². The van der Waals surface area contributed by atoms with Gasteiger partial charge >= 0.3 is 0 Å². The predicted octanol–water partition coefficient (Wildman–Crippen LogP) is 1.92. The van der Waals surface area contributed by atoms with Crippen molar-refractivity contribution in [1.82, 2.24) is 10.2 Å². The van der Waals surface area contributed by atoms with Crippen LogP contribution in [0.15, 0.2) is 22.8 Å². The third kappa shape index (κ3) is 3.78. The van der Waals surface area contributed by atoms with Crippen molar-refractivity contribution in [3.63, 3.8) is 0 Å². The monoisotopic (exact) mass is 374 g/mol. The van der Waals surface area contributed by atoms with Crippen LogP contribution in [0.3, 0.4) is 0 Å². The van der Waals surface area contributed by atoms with Gasteiger partial charge in [-0.15, -0.1) is 0 Å². The molecule has 0 bridgehead atoms. The number of ketones is 1. The molecule has 3 unspecified atom stereocenters. The number of ether oxygens (including phenoxy) is 1. The molecule has 1 aromatic rings. The third-order valence-corrected chi connectivity index (χ3v) is 6.04. The number of hydrogen-bond donors (Lipinski definition) is 1. The first kappa shape index (κ1) is 18.2. The van der Waals surface area contributed by atoms with Crippen LogP contribution in [0, 0.1) is 5.92 Å². The zero-order chi connectivity index (χ0) is 18.8. The Labute approximate surface area is 158 Å². The van der Waals surface area contributed by atoms with Crippen LogP contribution in [0.4, 0.5) is 0 Å². The van der Waals surface area contributed by atoms with E-state index in [9.17, 15) is 14.4 Å². The van der Waals surface area contributed by atoms with Crippen LogP contribution in [-0.2, 0) is 14.3 Å². The Bertz CT molecular complexity index is 695. The lowest BCUT2D eigenvalue weighted by Gasteiger charge is -2.30. The van der Waals surface area contributed by atoms with Gasteiger partial charge in [0.1, 0.15) is 18.7 Å². The normalized spacial score (nSPS) is 26.8. The second kappa shape index (κ2) is 7.84. The van der Waals surface area contributed by atoms with Crippen LogP contribution in [-0.4, -0.2) is 53.8 Å². The van der Waals surface area contributed by atoms with Crippen molar-refractivity contribution < 1.29 is 23.5 Å². The van der Waals surface area contributed by atoms with E-state index in [0.29, 0.717) is 25.3 Å². The highest BCUT2D eigenvalue weighted by Crippen LogP contribution is 2.31. The van der Waals surface area contributed by atoms with Crippen molar-refractivity contribution >= 4 is 17.6 Å². The van der Waals surface area contributed by atoms with Gasteiger partial charge in [0, 0.05) is 6.54 Å². The Morgan fingerprint density at radius 3 is 2.78 bits per heavy atom. The minimum atomic E-state index is -0.641. The molecule has 2 aliphatic heterocycles. The molecule has 3 heterocycles. The second-order valence-electron chi connectivity index (χ2n) is 7.82. The second-order valence-corrected chi connectivity index (χ2v) is 7.82. The predicted molar refractivity (Wildman–Crippen MR) is 96.0 cm³/mol. The fourth-order valence-electron chi connectivity index (χ4n) is 4.66. The van der Waals surface area contributed by atoms with Crippen LogP contribution in [0.25, 0.3) is 0 Å². The molecule has 3 atom stereocenters. The molecule has 1 saturated carbocycles. The lowest BCUT2D eigenvalue weighted by molar-refractivity contribution is -0.138. The summed E-state index contributed by atoms with van der Waals surface area (Å²) in [6, 6.07) is 2.09. The number of hydrogen-bond acceptors (Lipinski definition) is 5. The van der Waals surface area contributed by atoms with Crippen LogP contribution in [0.5, 0.6) is 0 Å². The highest BCUT2D eigenvalue weighted by molar-refractivity contribution is 5.98. The quantitative estimate of drug-likeness (QED) is 0.851. The highest BCUT2D eigenvalue weighted by Gasteiger charge is 2.48. The van der Waals surface area contributed by atoms with Gasteiger partial charge in [-0.1, -0.05) is 32.1 Å². The van der Waals surface area contributed by atoms with Crippen molar-refractivity contribution in [2.75, 3.05) is 13.2 Å². The first-order valence-electron chi connectivity index (χ1n) is 9.92. The molecule has 2 amide bonds. The molecule has 0 aromatic carbocycles. The highest BCUT2D eigenvalue weighted by atomic mass is 16.5. The van der Waals surface area contributed by atoms with E-state index in [-0.39, 0.29) is 36.1 Å². The molecule has 1 N–H and O–H groups in total. The van der Waals surface area contributed by atoms with E-state index < -0.39 is 12.1 Å². The van der Waals surface area contributed by atoms with Gasteiger partial charge in [-0.05, 0) is 30.9 Å². The van der Waals surface area contributed by atoms with Crippen molar-refractivity contribution in [2.45, 2.75) is 63.1 Å². The molecule has 1 aliphatic carbocycles. The maximum absolute atomic E-state index is 13.3. The van der Waals surface area contributed by atoms with Crippen molar-refractivity contribution in [3.05, 3.63) is 24.2 Å². The first-order valence-corrected chi connectivity index (χ1v) is 9.92. The summed E-state index contributed by atoms with van der Waals surface area (Å²) in [4.78, 5) is 39.6. The third-order valence-electron chi connectivity index (χ3n) is 6.04. The lowest BCUT2D eigenvalue weighted by Crippen LogP contribution is -2.52. The van der Waals surface area contributed by atoms with Crippen LogP contribution < -0.4 is 5.32 Å². The first-order chi connectivity index (χ1) is 13.1. The number of fused-ring (bicyclic) bond motifs is 1. The Hall–Kier alpha value is -2.15. The van der Waals surface area contributed by atoms with Crippen molar-refractivity contribution in [1.29, 1.82) is 0 Å². The molecule has 0 radical (unpaired) electrons. The van der Waals surface area contributed by atoms with E-state index in [1.807, 2.05) is 0 Å². The number of Topliss-reactive ketones (excluding diaryl/α,β-unsaturated/α-hetero) is 1. The SMILES string of the molecule is O=C(NC(CC1CCCCC1)C(=O)N1CCC2OCC(=O)C21)c1ccco1. The minimum absolute atomic E-state index is 0.0420. The summed E-state index contributed by atoms with van der Waals surface area (Å²) >= 11 is 0. The van der Waals surface area contributed by atoms with Gasteiger partial charge in [-0.3, -0.25) is 14.4 Å². The number of furan rings is 1. The Kier molecular flexibility index (Phi) is 5.29. The molecule has 3 aliphatic rings. The lowest BCUT2D eigenvalue weighted by atomic mass is 9.84. The number of amides is 2. The number of nitrogens with zero attached hydrogens (tertiary/aromatic N) is 1. The fourth-order valence-corrected chi connectivity index (χ4v) is 4.66. The van der Waals surface area contributed by atoms with Gasteiger partial charge in [0.25, 0.3) is 5.91 Å². The standard InChI is InChI=1S/C20H26N2O5/c23-15-12-27-16-8-9-22(18(15)16)20(25)14(11-13-5-2-1-3-6-13)21-19(24)17-7-4-10-26-17/h4,7,10,13-14,16,18H,1-3,5-6,8-9,11-12H2,(H,21,24). The number of carbonyl (C=O) groups excluding carboxylic acids is 3. The van der Waals surface area contributed by atoms with E-state index in [1.54, 1.807) is 17.0 Å². The zero-order valence-electron chi connectivity index (χ0n) is 15.4. The largest absolute Gasteiger partial charge is 0.459 e. The van der Waals surface area contributed by atoms with E-state index in [0.717, 1.165) is 12.8 Å². The molecule has 7 heteroatoms. The van der Waals surface area contributed by atoms with E-state index in [1.165, 1.54) is 25.5 Å². The molecule has 7 nitrogen and oxygen atoms in total. The average Bonchev–Trinajstić information content (AvgIpc) is 3.41. The molecular weight excluding hydrogens is 348 g/mol. The Morgan fingerprint density at radius 1 is 1.22 bits per heavy atom. The van der Waals surface area contributed by atoms with E-state index in [4.69, 9.17) is 9.15 Å². The van der Waals surface area contributed by atoms with Gasteiger partial charge in [0.05, 0.1) is 12.4 Å². The Morgan fingerprint density at radius 2 is 2.04 bits per heavy atom. The number of carbonyl (C=O) groups is 3. The average molecular weight is 374 g/mol. The van der Waals surface area contributed by atoms with E-state index in [2.05, 4.69) is 5.32 Å². The summed E-state index contributed by atoms with van der Waals surface area (Å²) in [5, 5.41) is 2.86. The van der Waals surface area contributed by atoms with Gasteiger partial charge in [0.2, 0.25) is 5.91 Å². The number of rotatable bonds is 5. The van der Waals surface area contributed by atoms with Crippen LogP contribution >= 0.6 is 0 Å². The maximum Gasteiger partial charge on any atom is 0.287 e. The molecular formula is C20H26N2O5. The zero-order valence-corrected chi connectivity index (χ0v) is 15.4. The molecule has 1 aromatic heterocycles. The number of nitrogens with one attached hydrogen (secondary N) is 1. The molecule has 4 rings (SSSR count). The summed E-state index contributed by atoms with van der Waals surface area (Å²) in [5.74, 6) is -0.0000821. The van der Waals surface area contributed by atoms with Gasteiger partial charge in [-0.25, -0.2) is 0 Å². The minimum Gasteiger partial charge on any atom is -0.459 e. The maximum atomic E-state index is 13.3. The summed E-state index contributed by atoms with van der Waals surface area (Å²) in [5.41, 5.74) is 0. The molecule has 146 valence electrons. The van der Waals surface area contributed by atoms with E-state index >= 15 is 0 Å². The fraction of sp³-hybridized carbons (Fsp3) is 0.650. The van der Waals surface area contributed by atoms with Crippen molar-refractivity contribution in [3.8, 4) is 0 Å². The topological polar surface area (TPSA) is 88.9 Å². The van der Waals surface area contributed by atoms with Gasteiger partial charge < -0.3 is 19.4 Å². The van der Waals surface area contributed by atoms with Crippen molar-refractivity contribution in [2.24, 2.45) is 5.92 Å². The summed E-state index contributed by atoms with van der Waals surface area (Å²) < 4.78 is 10.7. The van der Waals surface area contributed by atoms with Crippen LogP contribution in [0.1, 0.15) is 55.5 Å². The molecule has 0 spiro atoms. The number of likely N-dealkylation sites (tertiary alicyclic amines) is 1. The van der Waals surface area contributed by atoms with Crippen LogP contribution in [0.2, 0.25) is 0 Å². The van der Waals surface area contributed by atoms with Gasteiger partial charge in [0.15, 0.2) is 11.5 Å². The molecule has 27 heavy (non-hydrogen) atoms.